The van der Waals surface area contributed by atoms with E-state index in [-0.39, 0.29) is 17.9 Å². The van der Waals surface area contributed by atoms with Gasteiger partial charge in [-0.2, -0.15) is 13.2 Å². The molecule has 0 spiro atoms. The molecule has 0 aliphatic heterocycles. The number of alkyl halides is 3. The number of carbonyl (C=O) groups excluding carboxylic acids is 2. The lowest BCUT2D eigenvalue weighted by Gasteiger charge is -2.25. The van der Waals surface area contributed by atoms with Crippen LogP contribution in [0.4, 0.5) is 13.2 Å². The molecule has 0 aliphatic rings. The van der Waals surface area contributed by atoms with Crippen LogP contribution in [0.25, 0.3) is 5.65 Å². The third-order valence-corrected chi connectivity index (χ3v) is 5.90. The number of hydrogen-bond acceptors (Lipinski definition) is 4. The number of halogens is 5. The van der Waals surface area contributed by atoms with Crippen LogP contribution in [0.3, 0.4) is 0 Å². The number of carbonyl (C=O) groups is 2. The lowest BCUT2D eigenvalue weighted by atomic mass is 9.86. The van der Waals surface area contributed by atoms with Crippen molar-refractivity contribution in [3.8, 4) is 0 Å². The monoisotopic (exact) mass is 552 g/mol. The second kappa shape index (κ2) is 12.1. The summed E-state index contributed by atoms with van der Waals surface area (Å²) in [6, 6.07) is 19.0. The maximum absolute atomic E-state index is 12.9. The molecule has 0 aliphatic carbocycles. The lowest BCUT2D eigenvalue weighted by Crippen LogP contribution is -2.38. The van der Waals surface area contributed by atoms with Gasteiger partial charge >= 0.3 is 11.8 Å². The number of hydrogen-bond donors (Lipinski definition) is 2. The highest BCUT2D eigenvalue weighted by molar-refractivity contribution is 6.30. The van der Waals surface area contributed by atoms with Gasteiger partial charge in [-0.05, 0) is 53.7 Å². The number of carboxylic acid groups (broad SMARTS) is 1. The fourth-order valence-electron chi connectivity index (χ4n) is 3.54. The Kier molecular flexibility index (Phi) is 9.12. The predicted octanol–water partition coefficient (Wildman–Crippen LogP) is 3.90. The van der Waals surface area contributed by atoms with E-state index in [1.165, 1.54) is 0 Å². The minimum Gasteiger partial charge on any atom is -0.542 e. The van der Waals surface area contributed by atoms with E-state index in [9.17, 15) is 18.0 Å². The van der Waals surface area contributed by atoms with E-state index in [2.05, 4.69) is 15.4 Å². The van der Waals surface area contributed by atoms with Crippen LogP contribution in [0.1, 0.15) is 34.5 Å². The predicted molar refractivity (Wildman–Crippen MR) is 129 cm³/mol. The summed E-state index contributed by atoms with van der Waals surface area (Å²) in [5, 5.41) is 16.4. The van der Waals surface area contributed by atoms with Crippen LogP contribution in [-0.4, -0.2) is 34.2 Å². The fourth-order valence-corrected chi connectivity index (χ4v) is 3.80. The second-order valence-electron chi connectivity index (χ2n) is 8.05. The Morgan fingerprint density at radius 1 is 1.08 bits per heavy atom. The highest BCUT2D eigenvalue weighted by Crippen LogP contribution is 2.27. The molecule has 2 atom stereocenters. The SMILES string of the molecule is C[C@@H](NC(=O)c1cc2nccc[n+]2[nH]1)[C@H](Cc1ccc(Cl)cc1)c1ccc(Cl)cc1.O=C([O-])C(F)(F)F. The van der Waals surface area contributed by atoms with E-state index >= 15 is 0 Å². The molecule has 0 fully saturated rings. The summed E-state index contributed by atoms with van der Waals surface area (Å²) in [6.45, 7) is 2.02. The van der Waals surface area contributed by atoms with Crippen molar-refractivity contribution in [1.29, 1.82) is 0 Å². The van der Waals surface area contributed by atoms with Gasteiger partial charge in [-0.25, -0.2) is 5.10 Å². The molecule has 2 aromatic carbocycles. The van der Waals surface area contributed by atoms with E-state index in [1.807, 2.05) is 61.7 Å². The molecule has 7 nitrogen and oxygen atoms in total. The van der Waals surface area contributed by atoms with Crippen molar-refractivity contribution in [2.75, 3.05) is 0 Å². The van der Waals surface area contributed by atoms with Crippen molar-refractivity contribution in [3.05, 3.63) is 99.9 Å². The van der Waals surface area contributed by atoms with Crippen LogP contribution in [0, 0.1) is 0 Å². The average Bonchev–Trinajstić information content (AvgIpc) is 3.29. The van der Waals surface area contributed by atoms with Crippen LogP contribution < -0.4 is 14.9 Å². The topological polar surface area (TPSA) is 102 Å². The van der Waals surface area contributed by atoms with Gasteiger partial charge in [0.1, 0.15) is 24.1 Å². The standard InChI is InChI=1S/C23H20Cl2N4O.C2HF3O2/c1-15(27-23(30)21-14-22-26-11-2-12-29(22)28-21)20(17-5-9-19(25)10-6-17)13-16-3-7-18(24)8-4-16;3-2(4,5)1(6)7/h2-12,14-15,20H,13H2,1H3,(H,27,30);(H,6,7)/t15-,20+;/m1./s1. The van der Waals surface area contributed by atoms with Gasteiger partial charge in [-0.15, -0.1) is 4.52 Å². The summed E-state index contributed by atoms with van der Waals surface area (Å²) in [5.74, 6) is -3.13. The maximum Gasteiger partial charge on any atom is 0.430 e. The lowest BCUT2D eigenvalue weighted by molar-refractivity contribution is -0.579. The number of amides is 1. The van der Waals surface area contributed by atoms with Gasteiger partial charge in [0, 0.05) is 28.1 Å². The summed E-state index contributed by atoms with van der Waals surface area (Å²) in [5.41, 5.74) is 3.40. The number of nitrogens with one attached hydrogen (secondary N) is 2. The molecule has 4 aromatic rings. The van der Waals surface area contributed by atoms with Crippen molar-refractivity contribution in [3.63, 3.8) is 0 Å². The van der Waals surface area contributed by atoms with Crippen LogP contribution in [-0.2, 0) is 11.2 Å². The molecule has 194 valence electrons. The van der Waals surface area contributed by atoms with Gasteiger partial charge in [-0.1, -0.05) is 47.5 Å². The number of H-pyrrole nitrogens is 1. The largest absolute Gasteiger partial charge is 0.542 e. The Morgan fingerprint density at radius 2 is 1.65 bits per heavy atom. The molecule has 2 N–H and O–H groups in total. The highest BCUT2D eigenvalue weighted by Gasteiger charge is 2.29. The first kappa shape index (κ1) is 27.9. The van der Waals surface area contributed by atoms with E-state index in [1.54, 1.807) is 22.8 Å². The zero-order valence-electron chi connectivity index (χ0n) is 19.3. The Morgan fingerprint density at radius 3 is 2.19 bits per heavy atom. The number of aromatic amines is 1. The number of rotatable bonds is 6. The quantitative estimate of drug-likeness (QED) is 0.354. The summed E-state index contributed by atoms with van der Waals surface area (Å²) in [6.07, 6.45) is -0.932. The van der Waals surface area contributed by atoms with Crippen molar-refractivity contribution in [2.24, 2.45) is 0 Å². The molecule has 0 radical (unpaired) electrons. The Balaban J connectivity index is 0.000000479. The first-order chi connectivity index (χ1) is 17.4. The number of aliphatic carboxylic acids is 1. The summed E-state index contributed by atoms with van der Waals surface area (Å²) >= 11 is 12.1. The van der Waals surface area contributed by atoms with E-state index < -0.39 is 12.1 Å². The van der Waals surface area contributed by atoms with Crippen LogP contribution >= 0.6 is 23.2 Å². The molecule has 2 heterocycles. The molecular weight excluding hydrogens is 532 g/mol. The fraction of sp³-hybridized carbons (Fsp3) is 0.200. The molecule has 12 heteroatoms. The Hall–Kier alpha value is -3.63. The summed E-state index contributed by atoms with van der Waals surface area (Å²) in [7, 11) is 0. The smallest absolute Gasteiger partial charge is 0.430 e. The van der Waals surface area contributed by atoms with Gasteiger partial charge in [0.2, 0.25) is 0 Å². The minimum absolute atomic E-state index is 0.0579. The molecule has 4 rings (SSSR count). The van der Waals surface area contributed by atoms with Crippen molar-refractivity contribution < 1.29 is 32.4 Å². The van der Waals surface area contributed by atoms with E-state index in [0.29, 0.717) is 21.4 Å². The van der Waals surface area contributed by atoms with Gasteiger partial charge in [0.25, 0.3) is 5.91 Å². The highest BCUT2D eigenvalue weighted by atomic mass is 35.5. The van der Waals surface area contributed by atoms with Crippen molar-refractivity contribution >= 4 is 40.7 Å². The zero-order chi connectivity index (χ0) is 27.2. The molecule has 37 heavy (non-hydrogen) atoms. The van der Waals surface area contributed by atoms with Crippen LogP contribution in [0.15, 0.2) is 73.1 Å². The van der Waals surface area contributed by atoms with E-state index in [4.69, 9.17) is 33.1 Å². The molecule has 1 amide bonds. The zero-order valence-corrected chi connectivity index (χ0v) is 20.8. The molecule has 0 saturated heterocycles. The maximum atomic E-state index is 12.9. The molecule has 0 unspecified atom stereocenters. The third-order valence-electron chi connectivity index (χ3n) is 5.39. The number of nitrogens with zero attached hydrogens (tertiary/aromatic N) is 2. The second-order valence-corrected chi connectivity index (χ2v) is 8.93. The summed E-state index contributed by atoms with van der Waals surface area (Å²) in [4.78, 5) is 25.9. The Bertz CT molecular complexity index is 1330. The normalized spacial score (nSPS) is 12.8. The van der Waals surface area contributed by atoms with Crippen molar-refractivity contribution in [1.82, 2.24) is 15.4 Å². The average molecular weight is 553 g/mol. The number of fused-ring (bicyclic) bond motifs is 1. The number of aromatic nitrogens is 3. The van der Waals surface area contributed by atoms with Gasteiger partial charge < -0.3 is 15.2 Å². The molecule has 2 aromatic heterocycles. The van der Waals surface area contributed by atoms with Crippen molar-refractivity contribution in [2.45, 2.75) is 31.5 Å². The number of benzene rings is 2. The molecule has 0 saturated carbocycles. The number of carboxylic acids is 1. The summed E-state index contributed by atoms with van der Waals surface area (Å²) < 4.78 is 33.3. The minimum atomic E-state index is -5.19. The van der Waals surface area contributed by atoms with Crippen LogP contribution in [0.5, 0.6) is 0 Å². The van der Waals surface area contributed by atoms with Gasteiger partial charge in [0.05, 0.1) is 6.07 Å². The first-order valence-electron chi connectivity index (χ1n) is 10.9. The molecule has 0 bridgehead atoms. The Labute approximate surface area is 219 Å². The third kappa shape index (κ3) is 7.93. The van der Waals surface area contributed by atoms with Gasteiger partial charge in [-0.3, -0.25) is 4.79 Å². The van der Waals surface area contributed by atoms with E-state index in [0.717, 1.165) is 17.5 Å². The van der Waals surface area contributed by atoms with Gasteiger partial charge in [0.15, 0.2) is 0 Å². The molecular formula is C25H21Cl2F3N4O3. The first-order valence-corrected chi connectivity index (χ1v) is 11.6. The van der Waals surface area contributed by atoms with Crippen LogP contribution in [0.2, 0.25) is 10.0 Å².